The van der Waals surface area contributed by atoms with Crippen molar-refractivity contribution in [3.63, 3.8) is 0 Å². The van der Waals surface area contributed by atoms with Crippen LogP contribution in [0.15, 0.2) is 30.5 Å². The van der Waals surface area contributed by atoms with Crippen LogP contribution >= 0.6 is 0 Å². The standard InChI is InChI=1S/C18H21NO5/c1-18(2,3)24-17(21)19-8-6-7-14(19)13-9-12(11-20)15(22-4)10-16(13)23-5/h6-11H,1-5H3. The van der Waals surface area contributed by atoms with Crippen LogP contribution in [0.3, 0.4) is 0 Å². The van der Waals surface area contributed by atoms with Crippen LogP contribution in [0.25, 0.3) is 11.3 Å². The topological polar surface area (TPSA) is 66.8 Å². The zero-order chi connectivity index (χ0) is 17.9. The van der Waals surface area contributed by atoms with Gasteiger partial charge in [-0.3, -0.25) is 9.36 Å². The van der Waals surface area contributed by atoms with Crippen molar-refractivity contribution in [3.05, 3.63) is 36.0 Å². The molecule has 0 bridgehead atoms. The molecule has 6 heteroatoms. The minimum Gasteiger partial charge on any atom is -0.496 e. The van der Waals surface area contributed by atoms with E-state index in [-0.39, 0.29) is 0 Å². The van der Waals surface area contributed by atoms with Crippen molar-refractivity contribution in [1.82, 2.24) is 4.57 Å². The second-order valence-electron chi connectivity index (χ2n) is 6.16. The number of hydrogen-bond acceptors (Lipinski definition) is 5. The highest BCUT2D eigenvalue weighted by Gasteiger charge is 2.22. The van der Waals surface area contributed by atoms with Gasteiger partial charge in [0.05, 0.1) is 25.5 Å². The molecule has 0 saturated carbocycles. The fourth-order valence-corrected chi connectivity index (χ4v) is 2.29. The maximum atomic E-state index is 12.4. The number of aromatic nitrogens is 1. The lowest BCUT2D eigenvalue weighted by atomic mass is 10.1. The maximum absolute atomic E-state index is 12.4. The van der Waals surface area contributed by atoms with E-state index in [9.17, 15) is 9.59 Å². The van der Waals surface area contributed by atoms with Gasteiger partial charge in [-0.25, -0.2) is 4.79 Å². The van der Waals surface area contributed by atoms with Crippen molar-refractivity contribution in [2.24, 2.45) is 0 Å². The predicted molar refractivity (Wildman–Crippen MR) is 90.0 cm³/mol. The molecule has 6 nitrogen and oxygen atoms in total. The van der Waals surface area contributed by atoms with Crippen LogP contribution in [-0.4, -0.2) is 36.8 Å². The van der Waals surface area contributed by atoms with E-state index in [4.69, 9.17) is 14.2 Å². The van der Waals surface area contributed by atoms with Crippen LogP contribution in [0.2, 0.25) is 0 Å². The highest BCUT2D eigenvalue weighted by Crippen LogP contribution is 2.36. The zero-order valence-corrected chi connectivity index (χ0v) is 14.5. The molecule has 1 aromatic heterocycles. The van der Waals surface area contributed by atoms with Crippen molar-refractivity contribution < 1.29 is 23.8 Å². The second kappa shape index (κ2) is 6.78. The molecule has 0 spiro atoms. The number of carbonyl (C=O) groups is 2. The smallest absolute Gasteiger partial charge is 0.418 e. The average molecular weight is 331 g/mol. The van der Waals surface area contributed by atoms with E-state index in [2.05, 4.69) is 0 Å². The number of rotatable bonds is 4. The summed E-state index contributed by atoms with van der Waals surface area (Å²) in [6, 6.07) is 6.72. The van der Waals surface area contributed by atoms with Gasteiger partial charge in [-0.15, -0.1) is 0 Å². The molecule has 0 radical (unpaired) electrons. The Hall–Kier alpha value is -2.76. The Morgan fingerprint density at radius 1 is 1.12 bits per heavy atom. The summed E-state index contributed by atoms with van der Waals surface area (Å²) in [6.45, 7) is 5.39. The Morgan fingerprint density at radius 2 is 1.79 bits per heavy atom. The number of nitrogens with zero attached hydrogens (tertiary/aromatic N) is 1. The van der Waals surface area contributed by atoms with Crippen LogP contribution in [-0.2, 0) is 4.74 Å². The second-order valence-corrected chi connectivity index (χ2v) is 6.16. The van der Waals surface area contributed by atoms with Gasteiger partial charge < -0.3 is 14.2 Å². The summed E-state index contributed by atoms with van der Waals surface area (Å²) in [5.41, 5.74) is 0.907. The molecule has 24 heavy (non-hydrogen) atoms. The van der Waals surface area contributed by atoms with E-state index in [1.807, 2.05) is 0 Å². The normalized spacial score (nSPS) is 11.0. The van der Waals surface area contributed by atoms with Crippen molar-refractivity contribution >= 4 is 12.4 Å². The van der Waals surface area contributed by atoms with Gasteiger partial charge in [0.15, 0.2) is 6.29 Å². The molecule has 0 saturated heterocycles. The molecule has 1 aromatic carbocycles. The molecule has 1 heterocycles. The first-order valence-electron chi connectivity index (χ1n) is 7.43. The Kier molecular flexibility index (Phi) is 4.97. The molecule has 0 aliphatic rings. The summed E-state index contributed by atoms with van der Waals surface area (Å²) < 4.78 is 17.4. The predicted octanol–water partition coefficient (Wildman–Crippen LogP) is 3.77. The molecule has 0 N–H and O–H groups in total. The summed E-state index contributed by atoms with van der Waals surface area (Å²) in [6.07, 6.45) is 1.80. The van der Waals surface area contributed by atoms with Crippen molar-refractivity contribution in [3.8, 4) is 22.8 Å². The summed E-state index contributed by atoms with van der Waals surface area (Å²) in [7, 11) is 2.99. The van der Waals surface area contributed by atoms with Crippen molar-refractivity contribution in [2.75, 3.05) is 14.2 Å². The van der Waals surface area contributed by atoms with Crippen molar-refractivity contribution in [2.45, 2.75) is 26.4 Å². The summed E-state index contributed by atoms with van der Waals surface area (Å²) >= 11 is 0. The monoisotopic (exact) mass is 331 g/mol. The van der Waals surface area contributed by atoms with Crippen LogP contribution in [0, 0.1) is 0 Å². The van der Waals surface area contributed by atoms with E-state index in [0.717, 1.165) is 0 Å². The fourth-order valence-electron chi connectivity index (χ4n) is 2.29. The Labute approximate surface area is 140 Å². The van der Waals surface area contributed by atoms with E-state index >= 15 is 0 Å². The lowest BCUT2D eigenvalue weighted by molar-refractivity contribution is 0.0540. The third-order valence-corrected chi connectivity index (χ3v) is 3.29. The molecular weight excluding hydrogens is 310 g/mol. The number of aldehydes is 1. The lowest BCUT2D eigenvalue weighted by Crippen LogP contribution is -2.27. The summed E-state index contributed by atoms with van der Waals surface area (Å²) in [5.74, 6) is 0.891. The number of benzene rings is 1. The quantitative estimate of drug-likeness (QED) is 0.798. The average Bonchev–Trinajstić information content (AvgIpc) is 3.01. The minimum atomic E-state index is -0.615. The van der Waals surface area contributed by atoms with Gasteiger partial charge in [0.1, 0.15) is 17.1 Å². The zero-order valence-electron chi connectivity index (χ0n) is 14.5. The number of hydrogen-bond donors (Lipinski definition) is 0. The molecular formula is C18H21NO5. The molecule has 2 aromatic rings. The number of ether oxygens (including phenoxy) is 3. The third-order valence-electron chi connectivity index (χ3n) is 3.29. The summed E-state index contributed by atoms with van der Waals surface area (Å²) in [4.78, 5) is 23.7. The van der Waals surface area contributed by atoms with E-state index in [1.54, 1.807) is 51.2 Å². The summed E-state index contributed by atoms with van der Waals surface area (Å²) in [5, 5.41) is 0. The Morgan fingerprint density at radius 3 is 2.33 bits per heavy atom. The van der Waals surface area contributed by atoms with E-state index in [0.29, 0.717) is 34.6 Å². The Bertz CT molecular complexity index is 755. The van der Waals surface area contributed by atoms with Gasteiger partial charge in [0.2, 0.25) is 0 Å². The van der Waals surface area contributed by atoms with Gasteiger partial charge in [0, 0.05) is 17.8 Å². The van der Waals surface area contributed by atoms with E-state index < -0.39 is 11.7 Å². The number of methoxy groups -OCH3 is 2. The molecule has 0 aliphatic heterocycles. The highest BCUT2D eigenvalue weighted by atomic mass is 16.6. The highest BCUT2D eigenvalue weighted by molar-refractivity contribution is 5.87. The van der Waals surface area contributed by atoms with Gasteiger partial charge in [-0.2, -0.15) is 0 Å². The minimum absolute atomic E-state index is 0.366. The Balaban J connectivity index is 2.55. The molecule has 0 atom stereocenters. The van der Waals surface area contributed by atoms with Gasteiger partial charge in [-0.05, 0) is 39.0 Å². The molecule has 0 aliphatic carbocycles. The number of carbonyl (C=O) groups excluding carboxylic acids is 2. The largest absolute Gasteiger partial charge is 0.496 e. The van der Waals surface area contributed by atoms with Crippen LogP contribution < -0.4 is 9.47 Å². The maximum Gasteiger partial charge on any atom is 0.418 e. The SMILES string of the molecule is COc1cc(OC)c(-c2cccn2C(=O)OC(C)(C)C)cc1C=O. The molecule has 128 valence electrons. The molecule has 0 unspecified atom stereocenters. The van der Waals surface area contributed by atoms with E-state index in [1.165, 1.54) is 18.8 Å². The van der Waals surface area contributed by atoms with Gasteiger partial charge in [0.25, 0.3) is 0 Å². The molecule has 0 fully saturated rings. The first-order chi connectivity index (χ1) is 11.3. The molecule has 2 rings (SSSR count). The first kappa shape index (κ1) is 17.6. The first-order valence-corrected chi connectivity index (χ1v) is 7.43. The van der Waals surface area contributed by atoms with Crippen LogP contribution in [0.4, 0.5) is 4.79 Å². The van der Waals surface area contributed by atoms with Crippen molar-refractivity contribution in [1.29, 1.82) is 0 Å². The van der Waals surface area contributed by atoms with Gasteiger partial charge >= 0.3 is 6.09 Å². The van der Waals surface area contributed by atoms with Gasteiger partial charge in [-0.1, -0.05) is 0 Å². The van der Waals surface area contributed by atoms with Crippen LogP contribution in [0.1, 0.15) is 31.1 Å². The lowest BCUT2D eigenvalue weighted by Gasteiger charge is -2.21. The fraction of sp³-hybridized carbons (Fsp3) is 0.333. The molecule has 0 amide bonds. The third kappa shape index (κ3) is 3.59. The van der Waals surface area contributed by atoms with Crippen LogP contribution in [0.5, 0.6) is 11.5 Å².